The molecule has 1 rings (SSSR count). The second-order valence-corrected chi connectivity index (χ2v) is 9.72. The van der Waals surface area contributed by atoms with Gasteiger partial charge < -0.3 is 5.32 Å². The molecule has 2 atom stereocenters. The minimum Gasteiger partial charge on any atom is -0.340 e. The van der Waals surface area contributed by atoms with Crippen molar-refractivity contribution in [1.29, 1.82) is 5.26 Å². The summed E-state index contributed by atoms with van der Waals surface area (Å²) in [6.07, 6.45) is 20.9. The zero-order valence-corrected chi connectivity index (χ0v) is 21.5. The average Bonchev–Trinajstić information content (AvgIpc) is 2.82. The highest BCUT2D eigenvalue weighted by molar-refractivity contribution is 5.79. The van der Waals surface area contributed by atoms with Crippen molar-refractivity contribution in [2.45, 2.75) is 124 Å². The second-order valence-electron chi connectivity index (χ2n) is 9.72. The Kier molecular flexibility index (Phi) is 14.8. The molecular formula is C29H48N2O. The summed E-state index contributed by atoms with van der Waals surface area (Å²) in [4.78, 5) is 12.9. The molecular weight excluding hydrogens is 392 g/mol. The largest absolute Gasteiger partial charge is 0.340 e. The van der Waals surface area contributed by atoms with Gasteiger partial charge in [0.2, 0.25) is 5.91 Å². The normalized spacial score (nSPS) is 19.7. The number of nitrogens with one attached hydrogen (secondary N) is 1. The van der Waals surface area contributed by atoms with E-state index in [0.717, 1.165) is 44.1 Å². The summed E-state index contributed by atoms with van der Waals surface area (Å²) in [7, 11) is 0. The first-order chi connectivity index (χ1) is 15.4. The highest BCUT2D eigenvalue weighted by Crippen LogP contribution is 2.23. The molecule has 1 aliphatic rings. The van der Waals surface area contributed by atoms with Gasteiger partial charge >= 0.3 is 0 Å². The molecule has 32 heavy (non-hydrogen) atoms. The lowest BCUT2D eigenvalue weighted by molar-refractivity contribution is -0.125. The summed E-state index contributed by atoms with van der Waals surface area (Å²) in [5.41, 5.74) is 3.94. The molecule has 0 spiro atoms. The number of hydrogen-bond donors (Lipinski definition) is 1. The number of hydrogen-bond acceptors (Lipinski definition) is 2. The molecule has 0 radical (unpaired) electrons. The van der Waals surface area contributed by atoms with Crippen LogP contribution in [-0.2, 0) is 4.79 Å². The van der Waals surface area contributed by atoms with Gasteiger partial charge in [0.1, 0.15) is 6.04 Å². The fourth-order valence-electron chi connectivity index (χ4n) is 4.35. The van der Waals surface area contributed by atoms with Gasteiger partial charge in [-0.1, -0.05) is 95.9 Å². The van der Waals surface area contributed by atoms with Crippen molar-refractivity contribution in [2.75, 3.05) is 0 Å². The van der Waals surface area contributed by atoms with Crippen molar-refractivity contribution in [1.82, 2.24) is 5.32 Å². The third-order valence-electron chi connectivity index (χ3n) is 7.10. The van der Waals surface area contributed by atoms with E-state index in [1.165, 1.54) is 49.7 Å². The summed E-state index contributed by atoms with van der Waals surface area (Å²) in [6.45, 7) is 11.0. The van der Waals surface area contributed by atoms with Gasteiger partial charge in [0.15, 0.2) is 0 Å². The summed E-state index contributed by atoms with van der Waals surface area (Å²) in [5, 5.41) is 12.8. The SMILES string of the molecule is C\C=C(/C=C\C(CC(C)CC)=C(/C)CC)CC(C#N)NC(=O)C1CCCCCCCCC1. The Morgan fingerprint density at radius 2 is 1.62 bits per heavy atom. The maximum absolute atomic E-state index is 12.9. The van der Waals surface area contributed by atoms with Crippen LogP contribution in [0.3, 0.4) is 0 Å². The summed E-state index contributed by atoms with van der Waals surface area (Å²) in [5.74, 6) is 0.801. The van der Waals surface area contributed by atoms with E-state index in [-0.39, 0.29) is 11.8 Å². The molecule has 2 unspecified atom stereocenters. The standard InChI is InChI=1S/C29H48N2O/c1-6-23(4)20-27(24(5)7-2)19-18-25(8-3)21-28(22-30)31-29(32)26-16-14-12-10-9-11-13-15-17-26/h8,18-19,23,26,28H,6-7,9-17,20-21H2,1-5H3,(H,31,32)/b19-18-,25-8+,27-24-. The fraction of sp³-hybridized carbons (Fsp3) is 0.724. The fourth-order valence-corrected chi connectivity index (χ4v) is 4.35. The van der Waals surface area contributed by atoms with E-state index in [2.05, 4.69) is 57.3 Å². The molecule has 3 nitrogen and oxygen atoms in total. The van der Waals surface area contributed by atoms with Crippen LogP contribution in [0.4, 0.5) is 0 Å². The van der Waals surface area contributed by atoms with Crippen LogP contribution in [0, 0.1) is 23.2 Å². The number of rotatable bonds is 10. The Morgan fingerprint density at radius 3 is 2.12 bits per heavy atom. The summed E-state index contributed by atoms with van der Waals surface area (Å²) < 4.78 is 0. The monoisotopic (exact) mass is 440 g/mol. The van der Waals surface area contributed by atoms with Gasteiger partial charge in [0, 0.05) is 12.3 Å². The summed E-state index contributed by atoms with van der Waals surface area (Å²) >= 11 is 0. The van der Waals surface area contributed by atoms with Crippen LogP contribution in [0.15, 0.2) is 34.9 Å². The van der Waals surface area contributed by atoms with Crippen molar-refractivity contribution < 1.29 is 4.79 Å². The molecule has 0 aromatic heterocycles. The highest BCUT2D eigenvalue weighted by atomic mass is 16.1. The van der Waals surface area contributed by atoms with E-state index in [1.54, 1.807) is 0 Å². The molecule has 1 saturated carbocycles. The topological polar surface area (TPSA) is 52.9 Å². The lowest BCUT2D eigenvalue weighted by Gasteiger charge is -2.20. The molecule has 0 aromatic carbocycles. The van der Waals surface area contributed by atoms with E-state index < -0.39 is 6.04 Å². The van der Waals surface area contributed by atoms with E-state index in [0.29, 0.717) is 12.3 Å². The van der Waals surface area contributed by atoms with Crippen molar-refractivity contribution in [3.05, 3.63) is 34.9 Å². The van der Waals surface area contributed by atoms with E-state index >= 15 is 0 Å². The predicted octanol–water partition coefficient (Wildman–Crippen LogP) is 8.19. The van der Waals surface area contributed by atoms with E-state index in [4.69, 9.17) is 0 Å². The number of carbonyl (C=O) groups excluding carboxylic acids is 1. The Labute approximate surface area is 198 Å². The Morgan fingerprint density at radius 1 is 1.03 bits per heavy atom. The van der Waals surface area contributed by atoms with Crippen LogP contribution in [0.1, 0.15) is 118 Å². The van der Waals surface area contributed by atoms with Gasteiger partial charge in [0.25, 0.3) is 0 Å². The number of amides is 1. The minimum atomic E-state index is -0.469. The molecule has 0 aromatic rings. The number of allylic oxidation sites excluding steroid dienone is 5. The Balaban J connectivity index is 2.77. The van der Waals surface area contributed by atoms with Crippen LogP contribution in [0.5, 0.6) is 0 Å². The van der Waals surface area contributed by atoms with Gasteiger partial charge in [0.05, 0.1) is 6.07 Å². The maximum Gasteiger partial charge on any atom is 0.224 e. The summed E-state index contributed by atoms with van der Waals surface area (Å²) in [6, 6.07) is 1.86. The highest BCUT2D eigenvalue weighted by Gasteiger charge is 2.21. The lowest BCUT2D eigenvalue weighted by atomic mass is 9.91. The van der Waals surface area contributed by atoms with E-state index in [1.807, 2.05) is 6.92 Å². The third kappa shape index (κ3) is 11.2. The first kappa shape index (κ1) is 28.2. The molecule has 0 aliphatic heterocycles. The zero-order chi connectivity index (χ0) is 23.8. The second kappa shape index (κ2) is 16.8. The molecule has 1 amide bonds. The molecule has 0 heterocycles. The van der Waals surface area contributed by atoms with Crippen LogP contribution < -0.4 is 5.32 Å². The third-order valence-corrected chi connectivity index (χ3v) is 7.10. The van der Waals surface area contributed by atoms with Crippen LogP contribution in [-0.4, -0.2) is 11.9 Å². The molecule has 3 heteroatoms. The molecule has 1 N–H and O–H groups in total. The van der Waals surface area contributed by atoms with Crippen LogP contribution >= 0.6 is 0 Å². The maximum atomic E-state index is 12.9. The molecule has 0 bridgehead atoms. The van der Waals surface area contributed by atoms with Gasteiger partial charge in [-0.2, -0.15) is 5.26 Å². The number of carbonyl (C=O) groups is 1. The molecule has 0 saturated heterocycles. The first-order valence-electron chi connectivity index (χ1n) is 13.2. The van der Waals surface area contributed by atoms with Gasteiger partial charge in [-0.3, -0.25) is 4.79 Å². The van der Waals surface area contributed by atoms with Gasteiger partial charge in [-0.05, 0) is 56.6 Å². The zero-order valence-electron chi connectivity index (χ0n) is 21.5. The molecule has 1 fully saturated rings. The predicted molar refractivity (Wildman–Crippen MR) is 137 cm³/mol. The quantitative estimate of drug-likeness (QED) is 0.348. The van der Waals surface area contributed by atoms with Crippen molar-refractivity contribution >= 4 is 5.91 Å². The van der Waals surface area contributed by atoms with Gasteiger partial charge in [-0.15, -0.1) is 0 Å². The lowest BCUT2D eigenvalue weighted by Crippen LogP contribution is -2.38. The smallest absolute Gasteiger partial charge is 0.224 e. The molecule has 1 aliphatic carbocycles. The van der Waals surface area contributed by atoms with Crippen LogP contribution in [0.2, 0.25) is 0 Å². The van der Waals surface area contributed by atoms with Crippen LogP contribution in [0.25, 0.3) is 0 Å². The van der Waals surface area contributed by atoms with Gasteiger partial charge in [-0.25, -0.2) is 0 Å². The Bertz CT molecular complexity index is 670. The van der Waals surface area contributed by atoms with Crippen molar-refractivity contribution in [3.63, 3.8) is 0 Å². The Hall–Kier alpha value is -1.82. The van der Waals surface area contributed by atoms with Crippen molar-refractivity contribution in [3.8, 4) is 6.07 Å². The number of nitriles is 1. The minimum absolute atomic E-state index is 0.0609. The first-order valence-corrected chi connectivity index (χ1v) is 13.2. The van der Waals surface area contributed by atoms with Crippen molar-refractivity contribution in [2.24, 2.45) is 11.8 Å². The molecule has 180 valence electrons. The van der Waals surface area contributed by atoms with E-state index in [9.17, 15) is 10.1 Å². The number of nitrogens with zero attached hydrogens (tertiary/aromatic N) is 1. The average molecular weight is 441 g/mol.